The Morgan fingerprint density at radius 3 is 1.97 bits per heavy atom. The molecule has 6 aromatic rings. The minimum Gasteiger partial charge on any atom is -0.506 e. The van der Waals surface area contributed by atoms with Crippen LogP contribution in [-0.2, 0) is 26.5 Å². The van der Waals surface area contributed by atoms with Gasteiger partial charge in [0.25, 0.3) is 0 Å². The van der Waals surface area contributed by atoms with Crippen molar-refractivity contribution in [2.45, 2.75) is 5.41 Å². The third kappa shape index (κ3) is 4.32. The third-order valence-corrected chi connectivity index (χ3v) is 6.45. The van der Waals surface area contributed by atoms with Crippen LogP contribution in [0.15, 0.2) is 134 Å². The van der Waals surface area contributed by atoms with E-state index in [-0.39, 0.29) is 26.8 Å². The molecular formula is C31H23N4OPt-. The van der Waals surface area contributed by atoms with Crippen molar-refractivity contribution in [2.75, 3.05) is 0 Å². The quantitative estimate of drug-likeness (QED) is 0.178. The van der Waals surface area contributed by atoms with Crippen LogP contribution in [0, 0.1) is 6.07 Å². The fraction of sp³-hybridized carbons (Fsp3) is 0.0323. The number of rotatable bonds is 6. The Balaban J connectivity index is 0.00000280. The molecule has 0 unspecified atom stereocenters. The van der Waals surface area contributed by atoms with Gasteiger partial charge in [-0.05, 0) is 41.1 Å². The smallest absolute Gasteiger partial charge is 0.141 e. The van der Waals surface area contributed by atoms with Gasteiger partial charge in [-0.1, -0.05) is 72.8 Å². The van der Waals surface area contributed by atoms with Crippen LogP contribution in [0.5, 0.6) is 5.75 Å². The molecule has 0 aliphatic rings. The summed E-state index contributed by atoms with van der Waals surface area (Å²) >= 11 is 0. The van der Waals surface area contributed by atoms with Crippen LogP contribution < -0.4 is 0 Å². The fourth-order valence-corrected chi connectivity index (χ4v) is 4.82. The van der Waals surface area contributed by atoms with Gasteiger partial charge in [0.05, 0.1) is 11.1 Å². The van der Waals surface area contributed by atoms with E-state index >= 15 is 0 Å². The zero-order valence-electron chi connectivity index (χ0n) is 19.8. The number of phenols is 1. The second-order valence-electron chi connectivity index (χ2n) is 8.52. The average molecular weight is 663 g/mol. The first kappa shape index (κ1) is 24.5. The van der Waals surface area contributed by atoms with E-state index in [2.05, 4.69) is 41.5 Å². The molecule has 0 spiro atoms. The maximum Gasteiger partial charge on any atom is 0.141 e. The third-order valence-electron chi connectivity index (χ3n) is 6.45. The van der Waals surface area contributed by atoms with Crippen LogP contribution in [0.2, 0.25) is 0 Å². The van der Waals surface area contributed by atoms with E-state index in [9.17, 15) is 5.11 Å². The van der Waals surface area contributed by atoms with Crippen LogP contribution >= 0.6 is 0 Å². The summed E-state index contributed by atoms with van der Waals surface area (Å²) < 4.78 is 3.54. The van der Waals surface area contributed by atoms with Crippen molar-refractivity contribution in [2.24, 2.45) is 0 Å². The molecule has 0 saturated heterocycles. The van der Waals surface area contributed by atoms with E-state index in [1.807, 2.05) is 89.9 Å². The first-order chi connectivity index (χ1) is 17.8. The largest absolute Gasteiger partial charge is 0.506 e. The molecule has 0 atom stereocenters. The van der Waals surface area contributed by atoms with Crippen molar-refractivity contribution >= 4 is 0 Å². The zero-order valence-corrected chi connectivity index (χ0v) is 22.0. The number of nitrogens with zero attached hydrogens (tertiary/aromatic N) is 4. The number of aromatic nitrogens is 4. The molecule has 0 radical (unpaired) electrons. The van der Waals surface area contributed by atoms with Crippen molar-refractivity contribution in [1.29, 1.82) is 0 Å². The molecule has 2 heterocycles. The minimum atomic E-state index is -0.763. The van der Waals surface area contributed by atoms with Crippen molar-refractivity contribution in [3.8, 4) is 17.1 Å². The van der Waals surface area contributed by atoms with Crippen molar-refractivity contribution in [3.63, 3.8) is 0 Å². The number of para-hydroxylation sites is 2. The molecule has 0 saturated carbocycles. The monoisotopic (exact) mass is 662 g/mol. The summed E-state index contributed by atoms with van der Waals surface area (Å²) in [4.78, 5) is 0. The number of hydrogen-bond acceptors (Lipinski definition) is 3. The molecule has 0 fully saturated rings. The number of benzene rings is 4. The second kappa shape index (κ2) is 10.4. The van der Waals surface area contributed by atoms with Crippen LogP contribution in [-0.4, -0.2) is 24.7 Å². The van der Waals surface area contributed by atoms with Crippen LogP contribution in [0.4, 0.5) is 0 Å². The maximum absolute atomic E-state index is 10.5. The SMILES string of the molecule is Oc1ccccc1-n1ccc(C(c2[c-]c(-n3cccn3)ccc2)(c2ccccc2)c2ccccc2)n1.[Pt]. The van der Waals surface area contributed by atoms with Crippen molar-refractivity contribution in [1.82, 2.24) is 19.6 Å². The topological polar surface area (TPSA) is 55.9 Å². The molecule has 0 aliphatic heterocycles. The Kier molecular flexibility index (Phi) is 6.89. The first-order valence-electron chi connectivity index (χ1n) is 11.8. The molecule has 0 aliphatic carbocycles. The molecule has 0 bridgehead atoms. The summed E-state index contributed by atoms with van der Waals surface area (Å²) in [6.07, 6.45) is 5.56. The van der Waals surface area contributed by atoms with Gasteiger partial charge in [0, 0.05) is 39.7 Å². The molecule has 1 N–H and O–H groups in total. The zero-order chi connectivity index (χ0) is 24.4. The number of phenolic OH excluding ortho intramolecular Hbond substituents is 1. The number of aromatic hydroxyl groups is 1. The molecule has 6 rings (SSSR count). The van der Waals surface area contributed by atoms with Crippen LogP contribution in [0.25, 0.3) is 11.4 Å². The van der Waals surface area contributed by atoms with E-state index < -0.39 is 5.41 Å². The van der Waals surface area contributed by atoms with E-state index in [0.717, 1.165) is 28.1 Å². The van der Waals surface area contributed by atoms with Gasteiger partial charge in [-0.25, -0.2) is 4.68 Å². The summed E-state index contributed by atoms with van der Waals surface area (Å²) in [5, 5.41) is 20.0. The van der Waals surface area contributed by atoms with Crippen molar-refractivity contribution in [3.05, 3.63) is 162 Å². The van der Waals surface area contributed by atoms with Gasteiger partial charge in [0.1, 0.15) is 11.4 Å². The molecule has 5 nitrogen and oxygen atoms in total. The standard InChI is InChI=1S/C31H23N4O.Pt/c36-29-18-8-7-17-28(29)35-22-19-30(33-35)31(24-11-3-1-4-12-24,25-13-5-2-6-14-25)26-15-9-16-27(23-26)34-21-10-20-32-34;/h1-22,36H;/q-1;. The molecule has 4 aromatic carbocycles. The van der Waals surface area contributed by atoms with E-state index in [4.69, 9.17) is 5.10 Å². The van der Waals surface area contributed by atoms with Gasteiger partial charge in [0.15, 0.2) is 0 Å². The Hall–Kier alpha value is -4.21. The molecule has 184 valence electrons. The van der Waals surface area contributed by atoms with Gasteiger partial charge in [-0.3, -0.25) is 4.68 Å². The molecule has 6 heteroatoms. The Labute approximate surface area is 229 Å². The van der Waals surface area contributed by atoms with Gasteiger partial charge in [-0.2, -0.15) is 28.4 Å². The van der Waals surface area contributed by atoms with Crippen LogP contribution in [0.1, 0.15) is 22.4 Å². The van der Waals surface area contributed by atoms with Crippen LogP contribution in [0.3, 0.4) is 0 Å². The van der Waals surface area contributed by atoms with Gasteiger partial charge in [-0.15, -0.1) is 11.6 Å². The average Bonchev–Trinajstić information content (AvgIpc) is 3.65. The van der Waals surface area contributed by atoms with E-state index in [1.54, 1.807) is 23.0 Å². The van der Waals surface area contributed by atoms with Gasteiger partial charge >= 0.3 is 0 Å². The van der Waals surface area contributed by atoms with Gasteiger partial charge in [0.2, 0.25) is 0 Å². The van der Waals surface area contributed by atoms with E-state index in [1.165, 1.54) is 0 Å². The predicted octanol–water partition coefficient (Wildman–Crippen LogP) is 5.94. The van der Waals surface area contributed by atoms with Gasteiger partial charge < -0.3 is 5.11 Å². The first-order valence-corrected chi connectivity index (χ1v) is 11.8. The molecule has 2 aromatic heterocycles. The Morgan fingerprint density at radius 1 is 0.649 bits per heavy atom. The second-order valence-corrected chi connectivity index (χ2v) is 8.52. The normalized spacial score (nSPS) is 11.1. The molecule has 0 amide bonds. The summed E-state index contributed by atoms with van der Waals surface area (Å²) in [6.45, 7) is 0. The van der Waals surface area contributed by atoms with Crippen molar-refractivity contribution < 1.29 is 26.2 Å². The fourth-order valence-electron chi connectivity index (χ4n) is 4.82. The summed E-state index contributed by atoms with van der Waals surface area (Å²) in [6, 6.07) is 41.6. The summed E-state index contributed by atoms with van der Waals surface area (Å²) in [5.41, 5.74) is 4.58. The molecular weight excluding hydrogens is 639 g/mol. The Morgan fingerprint density at radius 2 is 1.32 bits per heavy atom. The van der Waals surface area contributed by atoms with E-state index in [0.29, 0.717) is 5.69 Å². The minimum absolute atomic E-state index is 0. The number of hydrogen-bond donors (Lipinski definition) is 1. The Bertz CT molecular complexity index is 1560. The summed E-state index contributed by atoms with van der Waals surface area (Å²) in [5.74, 6) is 0.171. The summed E-state index contributed by atoms with van der Waals surface area (Å²) in [7, 11) is 0. The predicted molar refractivity (Wildman–Crippen MR) is 139 cm³/mol. The maximum atomic E-state index is 10.5. The molecule has 37 heavy (non-hydrogen) atoms.